The fourth-order valence-corrected chi connectivity index (χ4v) is 2.46. The van der Waals surface area contributed by atoms with Crippen molar-refractivity contribution in [3.63, 3.8) is 0 Å². The highest BCUT2D eigenvalue weighted by Gasteiger charge is 2.15. The lowest BCUT2D eigenvalue weighted by molar-refractivity contribution is -0.119. The molecule has 2 aromatic carbocycles. The van der Waals surface area contributed by atoms with Gasteiger partial charge in [-0.3, -0.25) is 14.3 Å². The summed E-state index contributed by atoms with van der Waals surface area (Å²) in [6, 6.07) is 15.7. The molecule has 0 aliphatic heterocycles. The minimum Gasteiger partial charge on any atom is -0.324 e. The number of anilines is 2. The van der Waals surface area contributed by atoms with Crippen LogP contribution in [0.5, 0.6) is 0 Å². The minimum absolute atomic E-state index is 0.185. The first-order valence-electron chi connectivity index (χ1n) is 8.31. The Morgan fingerprint density at radius 2 is 1.69 bits per heavy atom. The molecule has 0 spiro atoms. The molecule has 2 N–H and O–H groups in total. The van der Waals surface area contributed by atoms with Gasteiger partial charge in [-0.25, -0.2) is 0 Å². The zero-order chi connectivity index (χ0) is 18.5. The van der Waals surface area contributed by atoms with E-state index in [1.165, 1.54) is 0 Å². The summed E-state index contributed by atoms with van der Waals surface area (Å²) < 4.78 is 1.58. The molecule has 1 heterocycles. The number of benzene rings is 2. The molecule has 0 aliphatic rings. The van der Waals surface area contributed by atoms with E-state index in [9.17, 15) is 9.59 Å². The molecule has 132 valence electrons. The quantitative estimate of drug-likeness (QED) is 0.739. The average molecular weight is 348 g/mol. The summed E-state index contributed by atoms with van der Waals surface area (Å²) in [4.78, 5) is 24.7. The first-order valence-corrected chi connectivity index (χ1v) is 8.31. The number of carbonyl (C=O) groups excluding carboxylic acids is 2. The van der Waals surface area contributed by atoms with Crippen LogP contribution in [0.3, 0.4) is 0 Å². The first kappa shape index (κ1) is 17.4. The first-order chi connectivity index (χ1) is 12.5. The van der Waals surface area contributed by atoms with E-state index in [2.05, 4.69) is 15.7 Å². The molecular formula is C20H20N4O2. The zero-order valence-corrected chi connectivity index (χ0v) is 14.6. The summed E-state index contributed by atoms with van der Waals surface area (Å²) in [6.07, 6.45) is 3.37. The largest absolute Gasteiger partial charge is 0.324 e. The monoisotopic (exact) mass is 348 g/mol. The molecule has 1 atom stereocenters. The van der Waals surface area contributed by atoms with E-state index in [0.717, 1.165) is 5.56 Å². The normalized spacial score (nSPS) is 11.6. The predicted molar refractivity (Wildman–Crippen MR) is 101 cm³/mol. The number of nitrogens with zero attached hydrogens (tertiary/aromatic N) is 2. The van der Waals surface area contributed by atoms with Gasteiger partial charge in [-0.1, -0.05) is 23.8 Å². The Labute approximate surface area is 151 Å². The molecule has 3 rings (SSSR count). The van der Waals surface area contributed by atoms with Crippen LogP contribution in [0.2, 0.25) is 0 Å². The number of aromatic nitrogens is 2. The number of rotatable bonds is 5. The Morgan fingerprint density at radius 3 is 2.35 bits per heavy atom. The number of carbonyl (C=O) groups is 2. The number of nitrogens with one attached hydrogen (secondary N) is 2. The smallest absolute Gasteiger partial charge is 0.255 e. The second-order valence-electron chi connectivity index (χ2n) is 6.05. The zero-order valence-electron chi connectivity index (χ0n) is 14.6. The Morgan fingerprint density at radius 1 is 1.00 bits per heavy atom. The highest BCUT2D eigenvalue weighted by atomic mass is 16.2. The summed E-state index contributed by atoms with van der Waals surface area (Å²) in [5, 5.41) is 9.75. The third kappa shape index (κ3) is 4.16. The highest BCUT2D eigenvalue weighted by molar-refractivity contribution is 6.04. The molecule has 2 amide bonds. The lowest BCUT2D eigenvalue weighted by Gasteiger charge is -2.13. The van der Waals surface area contributed by atoms with Crippen molar-refractivity contribution in [1.29, 1.82) is 0 Å². The molecule has 6 nitrogen and oxygen atoms in total. The Bertz CT molecular complexity index is 902. The molecular weight excluding hydrogens is 328 g/mol. The molecule has 0 unspecified atom stereocenters. The van der Waals surface area contributed by atoms with Crippen molar-refractivity contribution in [3.05, 3.63) is 78.1 Å². The molecule has 1 aromatic heterocycles. The number of aryl methyl sites for hydroxylation is 1. The van der Waals surface area contributed by atoms with E-state index in [0.29, 0.717) is 16.9 Å². The van der Waals surface area contributed by atoms with Gasteiger partial charge in [0.25, 0.3) is 5.91 Å². The summed E-state index contributed by atoms with van der Waals surface area (Å²) in [5.74, 6) is -0.380. The van der Waals surface area contributed by atoms with Gasteiger partial charge in [0, 0.05) is 29.3 Å². The molecule has 0 saturated heterocycles. The van der Waals surface area contributed by atoms with Crippen molar-refractivity contribution in [3.8, 4) is 0 Å². The SMILES string of the molecule is Cc1ccc(C(=O)Nc2cccc(NC(=O)[C@@H](C)n3cccn3)c2)cc1. The van der Waals surface area contributed by atoms with Gasteiger partial charge in [-0.15, -0.1) is 0 Å². The highest BCUT2D eigenvalue weighted by Crippen LogP contribution is 2.18. The van der Waals surface area contributed by atoms with Crippen LogP contribution in [0.15, 0.2) is 67.0 Å². The van der Waals surface area contributed by atoms with E-state index < -0.39 is 6.04 Å². The Kier molecular flexibility index (Phi) is 5.12. The summed E-state index contributed by atoms with van der Waals surface area (Å²) in [7, 11) is 0. The van der Waals surface area contributed by atoms with Gasteiger partial charge in [0.2, 0.25) is 5.91 Å². The second-order valence-corrected chi connectivity index (χ2v) is 6.05. The lowest BCUT2D eigenvalue weighted by Crippen LogP contribution is -2.24. The van der Waals surface area contributed by atoms with E-state index in [-0.39, 0.29) is 11.8 Å². The van der Waals surface area contributed by atoms with Crippen LogP contribution >= 0.6 is 0 Å². The van der Waals surface area contributed by atoms with Gasteiger partial charge in [-0.2, -0.15) is 5.10 Å². The molecule has 0 fully saturated rings. The maximum Gasteiger partial charge on any atom is 0.255 e. The maximum absolute atomic E-state index is 12.3. The van der Waals surface area contributed by atoms with Crippen molar-refractivity contribution in [1.82, 2.24) is 9.78 Å². The van der Waals surface area contributed by atoms with E-state index in [4.69, 9.17) is 0 Å². The number of hydrogen-bond donors (Lipinski definition) is 2. The minimum atomic E-state index is -0.434. The fourth-order valence-electron chi connectivity index (χ4n) is 2.46. The summed E-state index contributed by atoms with van der Waals surface area (Å²) >= 11 is 0. The van der Waals surface area contributed by atoms with Gasteiger partial charge in [0.15, 0.2) is 0 Å². The molecule has 0 saturated carbocycles. The molecule has 3 aromatic rings. The van der Waals surface area contributed by atoms with Gasteiger partial charge in [0.1, 0.15) is 6.04 Å². The predicted octanol–water partition coefficient (Wildman–Crippen LogP) is 3.64. The van der Waals surface area contributed by atoms with Gasteiger partial charge < -0.3 is 10.6 Å². The van der Waals surface area contributed by atoms with Gasteiger partial charge >= 0.3 is 0 Å². The van der Waals surface area contributed by atoms with Crippen molar-refractivity contribution in [2.24, 2.45) is 0 Å². The van der Waals surface area contributed by atoms with Gasteiger partial charge in [0.05, 0.1) is 0 Å². The third-order valence-electron chi connectivity index (χ3n) is 4.00. The Hall–Kier alpha value is -3.41. The number of amides is 2. The lowest BCUT2D eigenvalue weighted by atomic mass is 10.1. The van der Waals surface area contributed by atoms with Crippen LogP contribution in [0.25, 0.3) is 0 Å². The van der Waals surface area contributed by atoms with Crippen LogP contribution < -0.4 is 10.6 Å². The van der Waals surface area contributed by atoms with E-state index >= 15 is 0 Å². The molecule has 0 bridgehead atoms. The maximum atomic E-state index is 12.3. The number of hydrogen-bond acceptors (Lipinski definition) is 3. The Balaban J connectivity index is 1.67. The van der Waals surface area contributed by atoms with Crippen molar-refractivity contribution < 1.29 is 9.59 Å². The average Bonchev–Trinajstić information content (AvgIpc) is 3.16. The van der Waals surface area contributed by atoms with Crippen molar-refractivity contribution in [2.45, 2.75) is 19.9 Å². The fraction of sp³-hybridized carbons (Fsp3) is 0.150. The molecule has 0 aliphatic carbocycles. The molecule has 6 heteroatoms. The molecule has 26 heavy (non-hydrogen) atoms. The van der Waals surface area contributed by atoms with Crippen molar-refractivity contribution >= 4 is 23.2 Å². The van der Waals surface area contributed by atoms with Crippen LogP contribution in [-0.4, -0.2) is 21.6 Å². The summed E-state index contributed by atoms with van der Waals surface area (Å²) in [5.41, 5.74) is 2.89. The topological polar surface area (TPSA) is 76.0 Å². The molecule has 0 radical (unpaired) electrons. The second kappa shape index (κ2) is 7.65. The van der Waals surface area contributed by atoms with Crippen LogP contribution in [0, 0.1) is 6.92 Å². The van der Waals surface area contributed by atoms with Crippen LogP contribution in [0.4, 0.5) is 11.4 Å². The van der Waals surface area contributed by atoms with Gasteiger partial charge in [-0.05, 0) is 50.2 Å². The third-order valence-corrected chi connectivity index (χ3v) is 4.00. The van der Waals surface area contributed by atoms with Crippen LogP contribution in [0.1, 0.15) is 28.9 Å². The van der Waals surface area contributed by atoms with E-state index in [1.807, 2.05) is 19.1 Å². The summed E-state index contributed by atoms with van der Waals surface area (Å²) in [6.45, 7) is 3.74. The van der Waals surface area contributed by atoms with Crippen LogP contribution in [-0.2, 0) is 4.79 Å². The van der Waals surface area contributed by atoms with E-state index in [1.54, 1.807) is 66.5 Å². The van der Waals surface area contributed by atoms with Crippen molar-refractivity contribution in [2.75, 3.05) is 10.6 Å². The standard InChI is InChI=1S/C20H20N4O2/c1-14-7-9-16(10-8-14)20(26)23-18-6-3-5-17(13-18)22-19(25)15(2)24-12-4-11-21-24/h3-13,15H,1-2H3,(H,22,25)(H,23,26)/t15-/m1/s1.